The number of hydrogen-bond acceptors (Lipinski definition) is 6. The number of hydrogen-bond donors (Lipinski definition) is 5. The lowest BCUT2D eigenvalue weighted by Crippen LogP contribution is -2.50. The van der Waals surface area contributed by atoms with Crippen LogP contribution in [0.2, 0.25) is 0 Å². The first-order valence-corrected chi connectivity index (χ1v) is 13.5. The number of piperazine rings is 1. The largest absolute Gasteiger partial charge is 0.478 e. The third-order valence-corrected chi connectivity index (χ3v) is 7.88. The number of rotatable bonds is 9. The van der Waals surface area contributed by atoms with Crippen molar-refractivity contribution in [1.29, 1.82) is 0 Å². The molecule has 206 valence electrons. The molecule has 1 saturated heterocycles. The van der Waals surface area contributed by atoms with Crippen molar-refractivity contribution >= 4 is 23.7 Å². The van der Waals surface area contributed by atoms with Crippen LogP contribution >= 0.6 is 0 Å². The number of carbonyl (C=O) groups is 3. The maximum Gasteiger partial charge on any atom is 0.334 e. The van der Waals surface area contributed by atoms with Gasteiger partial charge in [-0.25, -0.2) is 14.4 Å². The van der Waals surface area contributed by atoms with E-state index in [1.54, 1.807) is 38.1 Å². The van der Waals surface area contributed by atoms with E-state index in [0.717, 1.165) is 45.2 Å². The number of benzene rings is 1. The number of anilines is 1. The van der Waals surface area contributed by atoms with Gasteiger partial charge in [0, 0.05) is 55.8 Å². The van der Waals surface area contributed by atoms with Crippen molar-refractivity contribution in [1.82, 2.24) is 20.4 Å². The average molecular weight is 526 g/mol. The van der Waals surface area contributed by atoms with E-state index in [0.29, 0.717) is 29.2 Å². The summed E-state index contributed by atoms with van der Waals surface area (Å²) in [5.41, 5.74) is 1.67. The zero-order valence-electron chi connectivity index (χ0n) is 22.3. The smallest absolute Gasteiger partial charge is 0.334 e. The third kappa shape index (κ3) is 6.54. The number of allylic oxidation sites excluding steroid dienone is 2. The van der Waals surface area contributed by atoms with Crippen molar-refractivity contribution in [3.05, 3.63) is 52.4 Å². The van der Waals surface area contributed by atoms with Gasteiger partial charge in [-0.15, -0.1) is 0 Å². The van der Waals surface area contributed by atoms with Gasteiger partial charge in [0.1, 0.15) is 0 Å². The van der Waals surface area contributed by atoms with Crippen molar-refractivity contribution in [2.75, 3.05) is 44.6 Å². The van der Waals surface area contributed by atoms with Gasteiger partial charge in [-0.2, -0.15) is 0 Å². The highest BCUT2D eigenvalue weighted by Gasteiger charge is 2.36. The quantitative estimate of drug-likeness (QED) is 0.311. The van der Waals surface area contributed by atoms with E-state index in [-0.39, 0.29) is 17.2 Å². The minimum Gasteiger partial charge on any atom is -0.478 e. The number of dihydropyridines is 1. The Hall–Kier alpha value is -3.37. The number of amides is 2. The molecule has 4 rings (SSSR count). The Labute approximate surface area is 223 Å². The fourth-order valence-corrected chi connectivity index (χ4v) is 5.99. The molecule has 38 heavy (non-hydrogen) atoms. The van der Waals surface area contributed by atoms with Crippen LogP contribution in [0.15, 0.2) is 46.8 Å². The van der Waals surface area contributed by atoms with Crippen LogP contribution in [-0.2, 0) is 9.59 Å². The molecule has 2 amide bonds. The van der Waals surface area contributed by atoms with Gasteiger partial charge in [-0.3, -0.25) is 4.90 Å². The van der Waals surface area contributed by atoms with Gasteiger partial charge in [0.2, 0.25) is 0 Å². The molecule has 0 atom stereocenters. The Bertz CT molecular complexity index is 1080. The zero-order chi connectivity index (χ0) is 27.2. The van der Waals surface area contributed by atoms with Crippen molar-refractivity contribution in [3.63, 3.8) is 0 Å². The maximum absolute atomic E-state index is 12.5. The van der Waals surface area contributed by atoms with Gasteiger partial charge in [-0.05, 0) is 57.4 Å². The molecule has 2 heterocycles. The zero-order valence-corrected chi connectivity index (χ0v) is 22.3. The van der Waals surface area contributed by atoms with E-state index < -0.39 is 17.9 Å². The molecule has 0 radical (unpaired) electrons. The van der Waals surface area contributed by atoms with Crippen molar-refractivity contribution in [2.45, 2.75) is 57.9 Å². The van der Waals surface area contributed by atoms with Crippen molar-refractivity contribution in [3.8, 4) is 0 Å². The molecule has 10 nitrogen and oxygen atoms in total. The molecule has 10 heteroatoms. The van der Waals surface area contributed by atoms with E-state index in [1.165, 1.54) is 25.7 Å². The highest BCUT2D eigenvalue weighted by atomic mass is 16.4. The topological polar surface area (TPSA) is 134 Å². The normalized spacial score (nSPS) is 19.9. The molecule has 1 aliphatic carbocycles. The molecule has 2 aliphatic heterocycles. The van der Waals surface area contributed by atoms with Crippen molar-refractivity contribution < 1.29 is 24.6 Å². The van der Waals surface area contributed by atoms with E-state index in [1.807, 2.05) is 0 Å². The van der Waals surface area contributed by atoms with Gasteiger partial charge < -0.3 is 31.1 Å². The lowest BCUT2D eigenvalue weighted by atomic mass is 9.80. The molecule has 2 fully saturated rings. The number of nitrogens with one attached hydrogen (secondary N) is 3. The summed E-state index contributed by atoms with van der Waals surface area (Å²) in [6.07, 6.45) is 6.26. The molecule has 5 N–H and O–H groups in total. The van der Waals surface area contributed by atoms with E-state index in [4.69, 9.17) is 0 Å². The van der Waals surface area contributed by atoms with E-state index in [9.17, 15) is 24.6 Å². The number of aliphatic carboxylic acids is 2. The Balaban J connectivity index is 1.29. The lowest BCUT2D eigenvalue weighted by Gasteiger charge is -2.38. The minimum atomic E-state index is -1.19. The van der Waals surface area contributed by atoms with E-state index in [2.05, 4.69) is 25.8 Å². The fourth-order valence-electron chi connectivity index (χ4n) is 5.99. The summed E-state index contributed by atoms with van der Waals surface area (Å²) < 4.78 is 0. The second-order valence-electron chi connectivity index (χ2n) is 10.4. The molecule has 1 saturated carbocycles. The Morgan fingerprint density at radius 3 is 2.21 bits per heavy atom. The molecule has 1 aromatic rings. The monoisotopic (exact) mass is 525 g/mol. The fraction of sp³-hybridized carbons (Fsp3) is 0.536. The molecule has 0 spiro atoms. The van der Waals surface area contributed by atoms with Gasteiger partial charge in [-0.1, -0.05) is 25.0 Å². The summed E-state index contributed by atoms with van der Waals surface area (Å²) in [5, 5.41) is 28.2. The van der Waals surface area contributed by atoms with Crippen LogP contribution in [0.1, 0.15) is 57.4 Å². The lowest BCUT2D eigenvalue weighted by molar-refractivity contribution is -0.133. The minimum absolute atomic E-state index is 0.0290. The Kier molecular flexibility index (Phi) is 9.06. The number of carboxylic acid groups (broad SMARTS) is 2. The summed E-state index contributed by atoms with van der Waals surface area (Å²) >= 11 is 0. The van der Waals surface area contributed by atoms with E-state index >= 15 is 0 Å². The Morgan fingerprint density at radius 2 is 1.61 bits per heavy atom. The van der Waals surface area contributed by atoms with Crippen molar-refractivity contribution in [2.24, 2.45) is 0 Å². The van der Waals surface area contributed by atoms with Crippen LogP contribution in [-0.4, -0.2) is 83.3 Å². The molecule has 0 aromatic heterocycles. The summed E-state index contributed by atoms with van der Waals surface area (Å²) in [5.74, 6) is -3.35. The van der Waals surface area contributed by atoms with Crippen LogP contribution in [0.3, 0.4) is 0 Å². The predicted octanol–water partition coefficient (Wildman–Crippen LogP) is 3.16. The highest BCUT2D eigenvalue weighted by molar-refractivity contribution is 5.98. The summed E-state index contributed by atoms with van der Waals surface area (Å²) in [6, 6.07) is 7.12. The average Bonchev–Trinajstić information content (AvgIpc) is 3.41. The first-order chi connectivity index (χ1) is 18.2. The highest BCUT2D eigenvalue weighted by Crippen LogP contribution is 2.39. The number of urea groups is 1. The summed E-state index contributed by atoms with van der Waals surface area (Å²) in [7, 11) is 0. The molecular formula is C28H39N5O5. The number of carboxylic acids is 2. The standard InChI is InChI=1S/C28H39N5O5/c1-18-23(26(34)35)25(24(27(36)37)19(2)30-18)20-7-5-8-21(17-20)31-28(38)29-11-6-12-32-13-15-33(16-14-32)22-9-3-4-10-22/h5,7-8,17,22,25,30H,3-4,6,9-16H2,1-2H3,(H,34,35)(H,36,37)(H2,29,31,38). The Morgan fingerprint density at radius 1 is 0.974 bits per heavy atom. The number of nitrogens with zero attached hydrogens (tertiary/aromatic N) is 2. The van der Waals surface area contributed by atoms with Gasteiger partial charge in [0.15, 0.2) is 0 Å². The first-order valence-electron chi connectivity index (χ1n) is 13.5. The van der Waals surface area contributed by atoms with Crippen LogP contribution in [0.5, 0.6) is 0 Å². The number of carbonyl (C=O) groups excluding carboxylic acids is 1. The molecular weight excluding hydrogens is 486 g/mol. The third-order valence-electron chi connectivity index (χ3n) is 7.88. The van der Waals surface area contributed by atoms with Crippen LogP contribution in [0, 0.1) is 0 Å². The second kappa shape index (κ2) is 12.4. The summed E-state index contributed by atoms with van der Waals surface area (Å²) in [4.78, 5) is 41.7. The van der Waals surface area contributed by atoms with Crippen LogP contribution in [0.25, 0.3) is 0 Å². The van der Waals surface area contributed by atoms with Crippen LogP contribution in [0.4, 0.5) is 10.5 Å². The SMILES string of the molecule is CC1=C(C(=O)O)C(c2cccc(NC(=O)NCCCN3CCN(C4CCCC4)CC3)c2)C(C(=O)O)=C(C)N1. The van der Waals surface area contributed by atoms with Gasteiger partial charge in [0.25, 0.3) is 0 Å². The first kappa shape index (κ1) is 27.7. The second-order valence-corrected chi connectivity index (χ2v) is 10.4. The van der Waals surface area contributed by atoms with Crippen LogP contribution < -0.4 is 16.0 Å². The predicted molar refractivity (Wildman–Crippen MR) is 145 cm³/mol. The maximum atomic E-state index is 12.5. The molecule has 1 aromatic carbocycles. The van der Waals surface area contributed by atoms with Gasteiger partial charge in [0.05, 0.1) is 17.1 Å². The molecule has 0 unspecified atom stereocenters. The molecule has 3 aliphatic rings. The summed E-state index contributed by atoms with van der Waals surface area (Å²) in [6.45, 7) is 9.12. The van der Waals surface area contributed by atoms with Gasteiger partial charge >= 0.3 is 18.0 Å². The molecule has 0 bridgehead atoms.